The van der Waals surface area contributed by atoms with Gasteiger partial charge in [0.15, 0.2) is 0 Å². The predicted octanol–water partition coefficient (Wildman–Crippen LogP) is 3.43. The van der Waals surface area contributed by atoms with E-state index in [0.717, 1.165) is 24.2 Å². The van der Waals surface area contributed by atoms with Crippen molar-refractivity contribution in [3.05, 3.63) is 42.5 Å². The van der Waals surface area contributed by atoms with Crippen LogP contribution in [0.2, 0.25) is 0 Å². The molecule has 0 unspecified atom stereocenters. The third kappa shape index (κ3) is 1.87. The topological polar surface area (TPSA) is 9.23 Å². The van der Waals surface area contributed by atoms with E-state index in [1.54, 1.807) is 0 Å². The lowest BCUT2D eigenvalue weighted by molar-refractivity contribution is 0.318. The second kappa shape index (κ2) is 4.14. The lowest BCUT2D eigenvalue weighted by Crippen LogP contribution is -1.94. The number of fused-ring (bicyclic) bond motifs is 1. The fourth-order valence-corrected chi connectivity index (χ4v) is 1.40. The van der Waals surface area contributed by atoms with Gasteiger partial charge in [-0.1, -0.05) is 31.2 Å². The molecule has 1 nitrogen and oxygen atoms in total. The lowest BCUT2D eigenvalue weighted by Gasteiger charge is -2.04. The second-order valence-electron chi connectivity index (χ2n) is 3.27. The second-order valence-corrected chi connectivity index (χ2v) is 3.27. The van der Waals surface area contributed by atoms with Crippen LogP contribution in [-0.2, 0) is 0 Å². The van der Waals surface area contributed by atoms with E-state index < -0.39 is 0 Å². The molecular formula is C13H13O. The van der Waals surface area contributed by atoms with Gasteiger partial charge in [0.2, 0.25) is 0 Å². The Hall–Kier alpha value is -1.50. The lowest BCUT2D eigenvalue weighted by atomic mass is 10.1. The van der Waals surface area contributed by atoms with Crippen molar-refractivity contribution in [1.29, 1.82) is 0 Å². The summed E-state index contributed by atoms with van der Waals surface area (Å²) >= 11 is 0. The summed E-state index contributed by atoms with van der Waals surface area (Å²) in [6.45, 7) is 2.87. The maximum Gasteiger partial charge on any atom is 0.120 e. The highest BCUT2D eigenvalue weighted by Gasteiger charge is 1.95. The summed E-state index contributed by atoms with van der Waals surface area (Å²) in [6.07, 6.45) is 1.03. The van der Waals surface area contributed by atoms with Gasteiger partial charge < -0.3 is 4.74 Å². The number of benzene rings is 2. The summed E-state index contributed by atoms with van der Waals surface area (Å²) in [5, 5.41) is 2.32. The molecule has 2 aromatic rings. The first-order chi connectivity index (χ1) is 6.90. The van der Waals surface area contributed by atoms with Crippen LogP contribution in [0.4, 0.5) is 0 Å². The third-order valence-electron chi connectivity index (χ3n) is 2.10. The maximum atomic E-state index is 5.53. The fraction of sp³-hybridized carbons (Fsp3) is 0.231. The standard InChI is InChI=1S/C13H13O/c1-2-9-14-13-8-7-11-5-3-4-6-12(11)10-13/h3-6,8,10H,2,9H2,1H3. The molecule has 2 aromatic carbocycles. The summed E-state index contributed by atoms with van der Waals surface area (Å²) in [4.78, 5) is 0. The van der Waals surface area contributed by atoms with Crippen molar-refractivity contribution in [2.24, 2.45) is 0 Å². The first-order valence-corrected chi connectivity index (χ1v) is 4.93. The van der Waals surface area contributed by atoms with Crippen molar-refractivity contribution in [2.75, 3.05) is 6.61 Å². The van der Waals surface area contributed by atoms with E-state index in [0.29, 0.717) is 0 Å². The van der Waals surface area contributed by atoms with Gasteiger partial charge in [-0.3, -0.25) is 0 Å². The van der Waals surface area contributed by atoms with Crippen LogP contribution in [0.25, 0.3) is 10.8 Å². The number of hydrogen-bond donors (Lipinski definition) is 0. The maximum absolute atomic E-state index is 5.53. The molecule has 71 valence electrons. The molecule has 0 amide bonds. The molecule has 0 atom stereocenters. The van der Waals surface area contributed by atoms with E-state index in [1.165, 1.54) is 5.39 Å². The molecule has 1 radical (unpaired) electrons. The van der Waals surface area contributed by atoms with Gasteiger partial charge in [0.1, 0.15) is 5.75 Å². The Bertz CT molecular complexity index is 420. The van der Waals surface area contributed by atoms with Gasteiger partial charge in [-0.05, 0) is 35.4 Å². The molecule has 0 aliphatic rings. The van der Waals surface area contributed by atoms with Gasteiger partial charge in [0.25, 0.3) is 0 Å². The van der Waals surface area contributed by atoms with Crippen molar-refractivity contribution in [3.8, 4) is 5.75 Å². The summed E-state index contributed by atoms with van der Waals surface area (Å²) in [5.74, 6) is 0.908. The van der Waals surface area contributed by atoms with E-state index in [2.05, 4.69) is 31.2 Å². The molecule has 0 aliphatic carbocycles. The first-order valence-electron chi connectivity index (χ1n) is 4.93. The smallest absolute Gasteiger partial charge is 0.120 e. The minimum atomic E-state index is 0.770. The van der Waals surface area contributed by atoms with Gasteiger partial charge in [0.05, 0.1) is 6.61 Å². The minimum absolute atomic E-state index is 0.770. The third-order valence-corrected chi connectivity index (χ3v) is 2.10. The fourth-order valence-electron chi connectivity index (χ4n) is 1.40. The van der Waals surface area contributed by atoms with Crippen LogP contribution in [0, 0.1) is 6.07 Å². The highest BCUT2D eigenvalue weighted by molar-refractivity contribution is 5.83. The van der Waals surface area contributed by atoms with Crippen molar-refractivity contribution in [2.45, 2.75) is 13.3 Å². The quantitative estimate of drug-likeness (QED) is 0.711. The van der Waals surface area contributed by atoms with Crippen LogP contribution in [0.5, 0.6) is 5.75 Å². The van der Waals surface area contributed by atoms with Crippen LogP contribution < -0.4 is 4.74 Å². The van der Waals surface area contributed by atoms with E-state index in [-0.39, 0.29) is 0 Å². The molecule has 0 aliphatic heterocycles. The molecular weight excluding hydrogens is 172 g/mol. The zero-order valence-corrected chi connectivity index (χ0v) is 8.29. The zero-order chi connectivity index (χ0) is 9.80. The van der Waals surface area contributed by atoms with Crippen molar-refractivity contribution in [3.63, 3.8) is 0 Å². The molecule has 0 saturated heterocycles. The molecule has 14 heavy (non-hydrogen) atoms. The first kappa shape index (κ1) is 9.07. The van der Waals surface area contributed by atoms with Crippen molar-refractivity contribution in [1.82, 2.24) is 0 Å². The van der Waals surface area contributed by atoms with Crippen molar-refractivity contribution < 1.29 is 4.74 Å². The summed E-state index contributed by atoms with van der Waals surface area (Å²) in [5.41, 5.74) is 0. The minimum Gasteiger partial charge on any atom is -0.494 e. The van der Waals surface area contributed by atoms with E-state index in [9.17, 15) is 0 Å². The molecule has 1 heteroatoms. The number of rotatable bonds is 3. The Morgan fingerprint density at radius 1 is 1.29 bits per heavy atom. The monoisotopic (exact) mass is 185 g/mol. The van der Waals surface area contributed by atoms with Crippen LogP contribution in [0.1, 0.15) is 13.3 Å². The zero-order valence-electron chi connectivity index (χ0n) is 8.29. The molecule has 0 aromatic heterocycles. The van der Waals surface area contributed by atoms with Gasteiger partial charge in [-0.2, -0.15) is 0 Å². The van der Waals surface area contributed by atoms with Crippen LogP contribution in [0.15, 0.2) is 36.4 Å². The molecule has 0 heterocycles. The van der Waals surface area contributed by atoms with E-state index in [1.807, 2.05) is 18.2 Å². The highest BCUT2D eigenvalue weighted by atomic mass is 16.5. The molecule has 0 fully saturated rings. The largest absolute Gasteiger partial charge is 0.494 e. The Kier molecular flexibility index (Phi) is 2.68. The van der Waals surface area contributed by atoms with Gasteiger partial charge in [-0.25, -0.2) is 0 Å². The van der Waals surface area contributed by atoms with Gasteiger partial charge in [0, 0.05) is 0 Å². The van der Waals surface area contributed by atoms with Gasteiger partial charge >= 0.3 is 0 Å². The van der Waals surface area contributed by atoms with Crippen LogP contribution in [0.3, 0.4) is 0 Å². The van der Waals surface area contributed by atoms with Gasteiger partial charge in [-0.15, -0.1) is 0 Å². The van der Waals surface area contributed by atoms with E-state index in [4.69, 9.17) is 4.74 Å². The molecule has 2 rings (SSSR count). The number of hydrogen-bond acceptors (Lipinski definition) is 1. The van der Waals surface area contributed by atoms with Crippen LogP contribution >= 0.6 is 0 Å². The highest BCUT2D eigenvalue weighted by Crippen LogP contribution is 2.19. The predicted molar refractivity (Wildman–Crippen MR) is 58.6 cm³/mol. The van der Waals surface area contributed by atoms with Crippen LogP contribution in [-0.4, -0.2) is 6.61 Å². The average molecular weight is 185 g/mol. The Labute approximate surface area is 84.3 Å². The number of ether oxygens (including phenoxy) is 1. The Balaban J connectivity index is 2.32. The average Bonchev–Trinajstić information content (AvgIpc) is 2.26. The van der Waals surface area contributed by atoms with Crippen molar-refractivity contribution >= 4 is 10.8 Å². The summed E-state index contributed by atoms with van der Waals surface area (Å²) in [7, 11) is 0. The summed E-state index contributed by atoms with van der Waals surface area (Å²) in [6, 6.07) is 15.3. The molecule has 0 N–H and O–H groups in total. The Morgan fingerprint density at radius 3 is 3.00 bits per heavy atom. The Morgan fingerprint density at radius 2 is 2.14 bits per heavy atom. The SMILES string of the molecule is CCCOc1c[c]c2ccccc2c1. The molecule has 0 bridgehead atoms. The van der Waals surface area contributed by atoms with E-state index >= 15 is 0 Å². The normalized spacial score (nSPS) is 10.4. The molecule has 0 spiro atoms. The summed E-state index contributed by atoms with van der Waals surface area (Å²) < 4.78 is 5.53. The molecule has 0 saturated carbocycles.